The first-order valence-corrected chi connectivity index (χ1v) is 6.16. The van der Waals surface area contributed by atoms with Gasteiger partial charge in [-0.2, -0.15) is 4.98 Å². The van der Waals surface area contributed by atoms with E-state index in [1.54, 1.807) is 11.3 Å². The molecular weight excluding hydrogens is 224 g/mol. The molecule has 0 amide bonds. The Morgan fingerprint density at radius 2 is 2.44 bits per heavy atom. The standard InChI is InChI=1S/C10H14N4OS/c1-2-10-14-8(6-16-10)5-11-4-3-9-12-7-13-15-9/h6-7,11H,2-5H2,1H3. The van der Waals surface area contributed by atoms with E-state index in [4.69, 9.17) is 4.52 Å². The summed E-state index contributed by atoms with van der Waals surface area (Å²) in [7, 11) is 0. The van der Waals surface area contributed by atoms with Gasteiger partial charge < -0.3 is 9.84 Å². The predicted molar refractivity (Wildman–Crippen MR) is 61.2 cm³/mol. The summed E-state index contributed by atoms with van der Waals surface area (Å²) in [6.45, 7) is 3.73. The van der Waals surface area contributed by atoms with Gasteiger partial charge in [-0.05, 0) is 6.42 Å². The van der Waals surface area contributed by atoms with Crippen molar-refractivity contribution in [1.29, 1.82) is 0 Å². The molecule has 1 N–H and O–H groups in total. The summed E-state index contributed by atoms with van der Waals surface area (Å²) in [5.74, 6) is 0.667. The maximum atomic E-state index is 4.89. The molecule has 2 aromatic heterocycles. The van der Waals surface area contributed by atoms with Gasteiger partial charge in [0.15, 0.2) is 6.33 Å². The van der Waals surface area contributed by atoms with Crippen molar-refractivity contribution in [3.05, 3.63) is 28.3 Å². The van der Waals surface area contributed by atoms with Crippen molar-refractivity contribution < 1.29 is 4.52 Å². The normalized spacial score (nSPS) is 10.8. The van der Waals surface area contributed by atoms with Crippen molar-refractivity contribution in [2.75, 3.05) is 6.54 Å². The van der Waals surface area contributed by atoms with Crippen LogP contribution in [0, 0.1) is 0 Å². The van der Waals surface area contributed by atoms with Gasteiger partial charge in [0.25, 0.3) is 0 Å². The molecule has 0 bridgehead atoms. The lowest BCUT2D eigenvalue weighted by molar-refractivity contribution is 0.375. The molecule has 2 rings (SSSR count). The molecule has 2 heterocycles. The van der Waals surface area contributed by atoms with Gasteiger partial charge >= 0.3 is 0 Å². The van der Waals surface area contributed by atoms with E-state index in [0.717, 1.165) is 31.6 Å². The average Bonchev–Trinajstić information content (AvgIpc) is 2.95. The number of hydrogen-bond acceptors (Lipinski definition) is 6. The van der Waals surface area contributed by atoms with E-state index in [1.165, 1.54) is 11.3 Å². The lowest BCUT2D eigenvalue weighted by Crippen LogP contribution is -2.17. The lowest BCUT2D eigenvalue weighted by atomic mass is 10.4. The second kappa shape index (κ2) is 5.72. The molecule has 0 fully saturated rings. The molecule has 6 heteroatoms. The minimum absolute atomic E-state index is 0.667. The third-order valence-corrected chi connectivity index (χ3v) is 3.17. The van der Waals surface area contributed by atoms with E-state index in [-0.39, 0.29) is 0 Å². The molecular formula is C10H14N4OS. The van der Waals surface area contributed by atoms with E-state index in [1.807, 2.05) is 0 Å². The van der Waals surface area contributed by atoms with Crippen LogP contribution in [0.5, 0.6) is 0 Å². The first kappa shape index (κ1) is 11.2. The van der Waals surface area contributed by atoms with Crippen LogP contribution in [0.4, 0.5) is 0 Å². The van der Waals surface area contributed by atoms with Crippen LogP contribution in [-0.4, -0.2) is 21.7 Å². The summed E-state index contributed by atoms with van der Waals surface area (Å²) in [4.78, 5) is 8.41. The zero-order valence-corrected chi connectivity index (χ0v) is 9.96. The topological polar surface area (TPSA) is 63.8 Å². The first-order valence-electron chi connectivity index (χ1n) is 5.28. The Hall–Kier alpha value is -1.27. The van der Waals surface area contributed by atoms with Crippen molar-refractivity contribution >= 4 is 11.3 Å². The van der Waals surface area contributed by atoms with E-state index in [9.17, 15) is 0 Å². The zero-order valence-electron chi connectivity index (χ0n) is 9.14. The Labute approximate surface area is 97.9 Å². The molecule has 16 heavy (non-hydrogen) atoms. The number of aryl methyl sites for hydroxylation is 1. The highest BCUT2D eigenvalue weighted by molar-refractivity contribution is 7.09. The van der Waals surface area contributed by atoms with Gasteiger partial charge in [0.05, 0.1) is 10.7 Å². The van der Waals surface area contributed by atoms with E-state index in [0.29, 0.717) is 5.89 Å². The van der Waals surface area contributed by atoms with Gasteiger partial charge in [-0.3, -0.25) is 0 Å². The molecule has 0 aliphatic rings. The van der Waals surface area contributed by atoms with E-state index < -0.39 is 0 Å². The molecule has 0 atom stereocenters. The fourth-order valence-electron chi connectivity index (χ4n) is 1.31. The number of rotatable bonds is 6. The van der Waals surface area contributed by atoms with Gasteiger partial charge in [-0.1, -0.05) is 12.1 Å². The zero-order chi connectivity index (χ0) is 11.2. The summed E-state index contributed by atoms with van der Waals surface area (Å²) in [6, 6.07) is 0. The molecule has 0 aromatic carbocycles. The number of thiazole rings is 1. The van der Waals surface area contributed by atoms with Crippen molar-refractivity contribution in [2.24, 2.45) is 0 Å². The minimum Gasteiger partial charge on any atom is -0.340 e. The Balaban J connectivity index is 1.68. The van der Waals surface area contributed by atoms with Crippen molar-refractivity contribution in [2.45, 2.75) is 26.3 Å². The van der Waals surface area contributed by atoms with Gasteiger partial charge in [-0.15, -0.1) is 11.3 Å². The highest BCUT2D eigenvalue weighted by Crippen LogP contribution is 2.09. The Morgan fingerprint density at radius 1 is 1.50 bits per heavy atom. The van der Waals surface area contributed by atoms with Crippen LogP contribution < -0.4 is 5.32 Å². The minimum atomic E-state index is 0.667. The Morgan fingerprint density at radius 3 is 3.12 bits per heavy atom. The molecule has 0 aliphatic carbocycles. The maximum Gasteiger partial charge on any atom is 0.227 e. The molecule has 0 radical (unpaired) electrons. The number of nitrogens with zero attached hydrogens (tertiary/aromatic N) is 3. The Kier molecular flexibility index (Phi) is 4.01. The SMILES string of the molecule is CCc1nc(CNCCc2ncno2)cs1. The monoisotopic (exact) mass is 238 g/mol. The molecule has 86 valence electrons. The number of hydrogen-bond donors (Lipinski definition) is 1. The quantitative estimate of drug-likeness (QED) is 0.771. The second-order valence-corrected chi connectivity index (χ2v) is 4.29. The summed E-state index contributed by atoms with van der Waals surface area (Å²) in [5, 5.41) is 10.1. The van der Waals surface area contributed by atoms with Crippen LogP contribution in [0.2, 0.25) is 0 Å². The van der Waals surface area contributed by atoms with Gasteiger partial charge in [-0.25, -0.2) is 4.98 Å². The van der Waals surface area contributed by atoms with Crippen LogP contribution in [-0.2, 0) is 19.4 Å². The van der Waals surface area contributed by atoms with Gasteiger partial charge in [0.1, 0.15) is 0 Å². The predicted octanol–water partition coefficient (Wildman–Crippen LogP) is 1.42. The summed E-state index contributed by atoms with van der Waals surface area (Å²) < 4.78 is 4.89. The van der Waals surface area contributed by atoms with E-state index in [2.05, 4.69) is 32.7 Å². The molecule has 0 saturated carbocycles. The molecule has 0 saturated heterocycles. The molecule has 0 aliphatic heterocycles. The van der Waals surface area contributed by atoms with Gasteiger partial charge in [0, 0.05) is 24.9 Å². The van der Waals surface area contributed by atoms with Crippen LogP contribution in [0.25, 0.3) is 0 Å². The smallest absolute Gasteiger partial charge is 0.227 e. The van der Waals surface area contributed by atoms with Crippen molar-refractivity contribution in [3.63, 3.8) is 0 Å². The average molecular weight is 238 g/mol. The number of nitrogens with one attached hydrogen (secondary N) is 1. The largest absolute Gasteiger partial charge is 0.340 e. The molecule has 2 aromatic rings. The highest BCUT2D eigenvalue weighted by Gasteiger charge is 2.01. The van der Waals surface area contributed by atoms with Crippen molar-refractivity contribution in [1.82, 2.24) is 20.4 Å². The van der Waals surface area contributed by atoms with Gasteiger partial charge in [0.2, 0.25) is 5.89 Å². The molecule has 0 unspecified atom stereocenters. The maximum absolute atomic E-state index is 4.89. The van der Waals surface area contributed by atoms with E-state index >= 15 is 0 Å². The lowest BCUT2D eigenvalue weighted by Gasteiger charge is -1.99. The number of aromatic nitrogens is 3. The molecule has 5 nitrogen and oxygen atoms in total. The fraction of sp³-hybridized carbons (Fsp3) is 0.500. The summed E-state index contributed by atoms with van der Waals surface area (Å²) >= 11 is 1.71. The third kappa shape index (κ3) is 3.11. The first-order chi connectivity index (χ1) is 7.88. The summed E-state index contributed by atoms with van der Waals surface area (Å²) in [5.41, 5.74) is 1.10. The molecule has 0 spiro atoms. The van der Waals surface area contributed by atoms with Crippen LogP contribution in [0.15, 0.2) is 16.2 Å². The Bertz CT molecular complexity index is 412. The fourth-order valence-corrected chi connectivity index (χ4v) is 2.06. The van der Waals surface area contributed by atoms with Crippen LogP contribution in [0.3, 0.4) is 0 Å². The summed E-state index contributed by atoms with van der Waals surface area (Å²) in [6.07, 6.45) is 3.18. The highest BCUT2D eigenvalue weighted by atomic mass is 32.1. The van der Waals surface area contributed by atoms with Crippen molar-refractivity contribution in [3.8, 4) is 0 Å². The van der Waals surface area contributed by atoms with Crippen LogP contribution in [0.1, 0.15) is 23.5 Å². The second-order valence-electron chi connectivity index (χ2n) is 3.35. The van der Waals surface area contributed by atoms with Crippen LogP contribution >= 0.6 is 11.3 Å². The third-order valence-electron chi connectivity index (χ3n) is 2.13.